The Morgan fingerprint density at radius 2 is 0.816 bits per heavy atom. The molecule has 0 fully saturated rings. The van der Waals surface area contributed by atoms with Crippen molar-refractivity contribution in [1.82, 2.24) is 0 Å². The molecule has 2 N–H and O–H groups in total. The molecule has 0 heterocycles. The third-order valence-corrected chi connectivity index (χ3v) is 7.40. The second kappa shape index (κ2) is 11.1. The lowest BCUT2D eigenvalue weighted by atomic mass is 9.86. The van der Waals surface area contributed by atoms with Crippen LogP contribution in [0.25, 0.3) is 11.1 Å². The van der Waals surface area contributed by atoms with Crippen LogP contribution in [-0.4, -0.2) is 0 Å². The minimum absolute atomic E-state index is 0.165. The van der Waals surface area contributed by atoms with Crippen molar-refractivity contribution >= 4 is 11.4 Å². The molecule has 0 aliphatic carbocycles. The average molecular weight is 505 g/mol. The highest BCUT2D eigenvalue weighted by Gasteiger charge is 2.17. The minimum Gasteiger partial charge on any atom is -0.380 e. The summed E-state index contributed by atoms with van der Waals surface area (Å²) in [6.45, 7) is 19.5. The number of rotatable bonds is 7. The van der Waals surface area contributed by atoms with E-state index >= 15 is 0 Å². The Hall–Kier alpha value is -3.52. The SMILES string of the molecule is Cc1cccc(NCc2ccc(C(C)(C)C)cc2)c1-c1c(C)cccc1NCc1ccc(C(C)(C)C)cc1. The molecule has 2 nitrogen and oxygen atoms in total. The fraction of sp³-hybridized carbons (Fsp3) is 0.333. The Labute approximate surface area is 230 Å². The summed E-state index contributed by atoms with van der Waals surface area (Å²) >= 11 is 0. The number of benzene rings is 4. The van der Waals surface area contributed by atoms with E-state index in [4.69, 9.17) is 0 Å². The zero-order valence-electron chi connectivity index (χ0n) is 24.5. The van der Waals surface area contributed by atoms with Crippen LogP contribution >= 0.6 is 0 Å². The van der Waals surface area contributed by atoms with Crippen molar-refractivity contribution < 1.29 is 0 Å². The first-order valence-electron chi connectivity index (χ1n) is 13.8. The van der Waals surface area contributed by atoms with Gasteiger partial charge < -0.3 is 10.6 Å². The maximum Gasteiger partial charge on any atom is 0.0426 e. The van der Waals surface area contributed by atoms with Gasteiger partial charge in [-0.15, -0.1) is 0 Å². The molecule has 0 spiro atoms. The molecule has 4 aromatic rings. The summed E-state index contributed by atoms with van der Waals surface area (Å²) in [5.41, 5.74) is 13.0. The number of anilines is 2. The van der Waals surface area contributed by atoms with Crippen molar-refractivity contribution in [3.8, 4) is 11.1 Å². The normalized spacial score (nSPS) is 11.9. The molecule has 4 aromatic carbocycles. The van der Waals surface area contributed by atoms with Gasteiger partial charge in [-0.05, 0) is 70.2 Å². The quantitative estimate of drug-likeness (QED) is 0.262. The predicted octanol–water partition coefficient (Wildman–Crippen LogP) is 9.79. The molecule has 0 bridgehead atoms. The van der Waals surface area contributed by atoms with Gasteiger partial charge in [0.25, 0.3) is 0 Å². The Kier molecular flexibility index (Phi) is 8.02. The van der Waals surface area contributed by atoms with Crippen LogP contribution in [0, 0.1) is 13.8 Å². The first-order valence-corrected chi connectivity index (χ1v) is 13.8. The second-order valence-electron chi connectivity index (χ2n) is 12.6. The van der Waals surface area contributed by atoms with Crippen molar-refractivity contribution in [3.63, 3.8) is 0 Å². The van der Waals surface area contributed by atoms with E-state index in [1.807, 2.05) is 0 Å². The number of aryl methyl sites for hydroxylation is 2. The van der Waals surface area contributed by atoms with E-state index < -0.39 is 0 Å². The van der Waals surface area contributed by atoms with E-state index in [0.717, 1.165) is 24.5 Å². The van der Waals surface area contributed by atoms with Crippen LogP contribution in [0.5, 0.6) is 0 Å². The third kappa shape index (κ3) is 6.48. The molecule has 0 radical (unpaired) electrons. The van der Waals surface area contributed by atoms with Gasteiger partial charge in [-0.2, -0.15) is 0 Å². The maximum atomic E-state index is 3.75. The van der Waals surface area contributed by atoms with Gasteiger partial charge >= 0.3 is 0 Å². The Balaban J connectivity index is 1.59. The Morgan fingerprint density at radius 1 is 0.474 bits per heavy atom. The summed E-state index contributed by atoms with van der Waals surface area (Å²) < 4.78 is 0. The van der Waals surface area contributed by atoms with E-state index in [0.29, 0.717) is 0 Å². The summed E-state index contributed by atoms with van der Waals surface area (Å²) in [5.74, 6) is 0. The topological polar surface area (TPSA) is 24.1 Å². The first-order chi connectivity index (χ1) is 17.9. The van der Waals surface area contributed by atoms with Crippen LogP contribution < -0.4 is 10.6 Å². The van der Waals surface area contributed by atoms with Gasteiger partial charge in [0.2, 0.25) is 0 Å². The molecule has 0 aliphatic rings. The van der Waals surface area contributed by atoms with Crippen LogP contribution in [0.1, 0.15) is 74.9 Å². The third-order valence-electron chi connectivity index (χ3n) is 7.40. The smallest absolute Gasteiger partial charge is 0.0426 e. The van der Waals surface area contributed by atoms with Gasteiger partial charge in [-0.3, -0.25) is 0 Å². The summed E-state index contributed by atoms with van der Waals surface area (Å²) in [5, 5.41) is 7.50. The van der Waals surface area contributed by atoms with E-state index in [1.165, 1.54) is 44.5 Å². The molecule has 38 heavy (non-hydrogen) atoms. The molecule has 0 aliphatic heterocycles. The summed E-state index contributed by atoms with van der Waals surface area (Å²) in [6, 6.07) is 31.1. The van der Waals surface area contributed by atoms with Crippen LogP contribution in [0.4, 0.5) is 11.4 Å². The van der Waals surface area contributed by atoms with Crippen LogP contribution in [0.15, 0.2) is 84.9 Å². The highest BCUT2D eigenvalue weighted by molar-refractivity contribution is 5.90. The van der Waals surface area contributed by atoms with E-state index in [-0.39, 0.29) is 10.8 Å². The van der Waals surface area contributed by atoms with Gasteiger partial charge in [-0.25, -0.2) is 0 Å². The van der Waals surface area contributed by atoms with Crippen LogP contribution in [0.3, 0.4) is 0 Å². The van der Waals surface area contributed by atoms with Crippen LogP contribution in [0.2, 0.25) is 0 Å². The van der Waals surface area contributed by atoms with Crippen molar-refractivity contribution in [1.29, 1.82) is 0 Å². The lowest BCUT2D eigenvalue weighted by Gasteiger charge is -2.22. The molecule has 4 rings (SSSR count). The van der Waals surface area contributed by atoms with Gasteiger partial charge in [0.1, 0.15) is 0 Å². The Morgan fingerprint density at radius 3 is 1.13 bits per heavy atom. The monoisotopic (exact) mass is 504 g/mol. The molecular formula is C36H44N2. The molecule has 198 valence electrons. The molecular weight excluding hydrogens is 460 g/mol. The minimum atomic E-state index is 0.165. The molecule has 0 saturated heterocycles. The highest BCUT2D eigenvalue weighted by Crippen LogP contribution is 2.39. The zero-order valence-corrected chi connectivity index (χ0v) is 24.5. The fourth-order valence-electron chi connectivity index (χ4n) is 4.93. The average Bonchev–Trinajstić information content (AvgIpc) is 2.86. The molecule has 0 saturated carbocycles. The molecule has 0 aromatic heterocycles. The summed E-state index contributed by atoms with van der Waals surface area (Å²) in [4.78, 5) is 0. The van der Waals surface area contributed by atoms with Gasteiger partial charge in [0.05, 0.1) is 0 Å². The fourth-order valence-corrected chi connectivity index (χ4v) is 4.93. The predicted molar refractivity (Wildman–Crippen MR) is 166 cm³/mol. The van der Waals surface area contributed by atoms with Gasteiger partial charge in [0.15, 0.2) is 0 Å². The van der Waals surface area contributed by atoms with E-state index in [1.54, 1.807) is 0 Å². The van der Waals surface area contributed by atoms with Crippen molar-refractivity contribution in [2.45, 2.75) is 79.3 Å². The first kappa shape index (κ1) is 27.5. The van der Waals surface area contributed by atoms with Crippen molar-refractivity contribution in [3.05, 3.63) is 118 Å². The van der Waals surface area contributed by atoms with Crippen LogP contribution in [-0.2, 0) is 23.9 Å². The molecule has 0 amide bonds. The molecule has 0 unspecified atom stereocenters. The van der Waals surface area contributed by atoms with E-state index in [9.17, 15) is 0 Å². The number of nitrogens with one attached hydrogen (secondary N) is 2. The van der Waals surface area contributed by atoms with Crippen molar-refractivity contribution in [2.24, 2.45) is 0 Å². The zero-order chi connectivity index (χ0) is 27.5. The lowest BCUT2D eigenvalue weighted by molar-refractivity contribution is 0.589. The summed E-state index contributed by atoms with van der Waals surface area (Å²) in [6.07, 6.45) is 0. The summed E-state index contributed by atoms with van der Waals surface area (Å²) in [7, 11) is 0. The highest BCUT2D eigenvalue weighted by atomic mass is 14.9. The number of hydrogen-bond acceptors (Lipinski definition) is 2. The Bertz CT molecular complexity index is 1260. The second-order valence-corrected chi connectivity index (χ2v) is 12.6. The van der Waals surface area contributed by atoms with Gasteiger partial charge in [-0.1, -0.05) is 114 Å². The van der Waals surface area contributed by atoms with Gasteiger partial charge in [0, 0.05) is 35.6 Å². The largest absolute Gasteiger partial charge is 0.380 e. The van der Waals surface area contributed by atoms with Crippen molar-refractivity contribution in [2.75, 3.05) is 10.6 Å². The number of hydrogen-bond donors (Lipinski definition) is 2. The van der Waals surface area contributed by atoms with E-state index in [2.05, 4.69) is 151 Å². The molecule has 0 atom stereocenters. The maximum absolute atomic E-state index is 3.75. The standard InChI is InChI=1S/C36H44N2/c1-25-11-9-13-31(37-23-27-15-19-29(20-16-27)35(3,4)5)33(25)34-26(2)12-10-14-32(34)38-24-28-17-21-30(22-18-28)36(6,7)8/h9-22,37-38H,23-24H2,1-8H3. The molecule has 2 heteroatoms. The lowest BCUT2D eigenvalue weighted by Crippen LogP contribution is -2.11.